The van der Waals surface area contributed by atoms with E-state index >= 15 is 0 Å². The van der Waals surface area contributed by atoms with Crippen LogP contribution in [0.15, 0.2) is 30.3 Å². The Bertz CT molecular complexity index is 612. The summed E-state index contributed by atoms with van der Waals surface area (Å²) in [5, 5.41) is 22.9. The minimum absolute atomic E-state index is 0.0952. The highest BCUT2D eigenvalue weighted by molar-refractivity contribution is 5.60. The van der Waals surface area contributed by atoms with Gasteiger partial charge in [-0.25, -0.2) is 0 Å². The smallest absolute Gasteiger partial charge is 0.121 e. The van der Waals surface area contributed by atoms with Crippen molar-refractivity contribution >= 4 is 5.69 Å². The number of hydrogen-bond donors (Lipinski definition) is 3. The Hall–Kier alpha value is -2.16. The molecular weight excluding hydrogens is 250 g/mol. The molecule has 2 aromatic carbocycles. The molecule has 106 valence electrons. The van der Waals surface area contributed by atoms with Gasteiger partial charge >= 0.3 is 0 Å². The molecule has 0 radical (unpaired) electrons. The molecule has 0 aromatic heterocycles. The Labute approximate surface area is 119 Å². The van der Waals surface area contributed by atoms with E-state index in [9.17, 15) is 10.2 Å². The van der Waals surface area contributed by atoms with Gasteiger partial charge in [0.15, 0.2) is 0 Å². The minimum atomic E-state index is -0.0952. The van der Waals surface area contributed by atoms with Crippen molar-refractivity contribution in [2.75, 3.05) is 5.32 Å². The quantitative estimate of drug-likeness (QED) is 0.733. The molecule has 0 aliphatic carbocycles. The molecule has 3 N–H and O–H groups in total. The summed E-state index contributed by atoms with van der Waals surface area (Å²) >= 11 is 0. The van der Waals surface area contributed by atoms with Gasteiger partial charge in [-0.05, 0) is 57.0 Å². The summed E-state index contributed by atoms with van der Waals surface area (Å²) in [4.78, 5) is 0. The van der Waals surface area contributed by atoms with Crippen LogP contribution in [0.1, 0.15) is 35.2 Å². The Morgan fingerprint density at radius 1 is 0.950 bits per heavy atom. The van der Waals surface area contributed by atoms with Crippen molar-refractivity contribution in [3.05, 3.63) is 52.6 Å². The molecule has 0 fully saturated rings. The average Bonchev–Trinajstić information content (AvgIpc) is 2.36. The predicted octanol–water partition coefficient (Wildman–Crippen LogP) is 4.20. The first kappa shape index (κ1) is 14.3. The fourth-order valence-corrected chi connectivity index (χ4v) is 2.59. The van der Waals surface area contributed by atoms with Crippen LogP contribution in [0.2, 0.25) is 0 Å². The Balaban J connectivity index is 2.32. The van der Waals surface area contributed by atoms with Crippen molar-refractivity contribution < 1.29 is 10.2 Å². The van der Waals surface area contributed by atoms with E-state index in [1.54, 1.807) is 6.07 Å². The van der Waals surface area contributed by atoms with Gasteiger partial charge in [0.2, 0.25) is 0 Å². The molecule has 0 aliphatic rings. The summed E-state index contributed by atoms with van der Waals surface area (Å²) in [5.74, 6) is 0.342. The van der Waals surface area contributed by atoms with Gasteiger partial charge in [0, 0.05) is 11.3 Å². The summed E-state index contributed by atoms with van der Waals surface area (Å²) in [6.07, 6.45) is 0. The lowest BCUT2D eigenvalue weighted by Crippen LogP contribution is -2.09. The predicted molar refractivity (Wildman–Crippen MR) is 82.5 cm³/mol. The first-order chi connectivity index (χ1) is 9.38. The van der Waals surface area contributed by atoms with Crippen molar-refractivity contribution in [2.45, 2.75) is 33.7 Å². The normalized spacial score (nSPS) is 12.2. The van der Waals surface area contributed by atoms with Crippen molar-refractivity contribution in [3.8, 4) is 11.5 Å². The number of phenols is 2. The summed E-state index contributed by atoms with van der Waals surface area (Å²) in [6, 6.07) is 8.74. The first-order valence-electron chi connectivity index (χ1n) is 6.74. The maximum absolute atomic E-state index is 9.91. The number of aryl methyl sites for hydroxylation is 3. The average molecular weight is 271 g/mol. The number of nitrogens with one attached hydrogen (secondary N) is 1. The fourth-order valence-electron chi connectivity index (χ4n) is 2.59. The van der Waals surface area contributed by atoms with Crippen molar-refractivity contribution in [2.24, 2.45) is 0 Å². The third-order valence-corrected chi connectivity index (χ3v) is 3.52. The standard InChI is InChI=1S/C17H21NO2/c1-10-7-11(2)17(12(3)8-10)18-13(4)15-9-14(19)5-6-16(15)20/h5-9,13,18-20H,1-4H3. The zero-order chi connectivity index (χ0) is 14.9. The van der Waals surface area contributed by atoms with Crippen molar-refractivity contribution in [3.63, 3.8) is 0 Å². The molecule has 3 heteroatoms. The fraction of sp³-hybridized carbons (Fsp3) is 0.294. The molecule has 20 heavy (non-hydrogen) atoms. The van der Waals surface area contributed by atoms with Crippen LogP contribution in [0.3, 0.4) is 0 Å². The SMILES string of the molecule is Cc1cc(C)c(NC(C)c2cc(O)ccc2O)c(C)c1. The molecule has 0 heterocycles. The maximum Gasteiger partial charge on any atom is 0.121 e. The summed E-state index contributed by atoms with van der Waals surface area (Å²) in [6.45, 7) is 8.18. The highest BCUT2D eigenvalue weighted by atomic mass is 16.3. The first-order valence-corrected chi connectivity index (χ1v) is 6.74. The van der Waals surface area contributed by atoms with Gasteiger partial charge in [-0.3, -0.25) is 0 Å². The number of rotatable bonds is 3. The van der Waals surface area contributed by atoms with E-state index in [1.165, 1.54) is 28.8 Å². The molecule has 1 unspecified atom stereocenters. The van der Waals surface area contributed by atoms with Gasteiger partial charge < -0.3 is 15.5 Å². The van der Waals surface area contributed by atoms with E-state index in [0.29, 0.717) is 5.56 Å². The second kappa shape index (κ2) is 5.45. The maximum atomic E-state index is 9.91. The number of hydrogen-bond acceptors (Lipinski definition) is 3. The van der Waals surface area contributed by atoms with E-state index in [-0.39, 0.29) is 17.5 Å². The molecule has 0 bridgehead atoms. The van der Waals surface area contributed by atoms with Crippen molar-refractivity contribution in [1.29, 1.82) is 0 Å². The second-order valence-electron chi connectivity index (χ2n) is 5.38. The third-order valence-electron chi connectivity index (χ3n) is 3.52. The third kappa shape index (κ3) is 2.87. The topological polar surface area (TPSA) is 52.5 Å². The Kier molecular flexibility index (Phi) is 3.89. The number of benzene rings is 2. The Morgan fingerprint density at radius 2 is 1.55 bits per heavy atom. The molecule has 1 atom stereocenters. The van der Waals surface area contributed by atoms with Crippen LogP contribution in [0.4, 0.5) is 5.69 Å². The Morgan fingerprint density at radius 3 is 2.15 bits per heavy atom. The lowest BCUT2D eigenvalue weighted by atomic mass is 10.0. The van der Waals surface area contributed by atoms with E-state index in [2.05, 4.69) is 38.2 Å². The van der Waals surface area contributed by atoms with Gasteiger partial charge in [0.1, 0.15) is 11.5 Å². The molecule has 3 nitrogen and oxygen atoms in total. The highest BCUT2D eigenvalue weighted by Gasteiger charge is 2.13. The summed E-state index contributed by atoms with van der Waals surface area (Å²) < 4.78 is 0. The molecule has 2 rings (SSSR count). The molecule has 0 aliphatic heterocycles. The monoisotopic (exact) mass is 271 g/mol. The molecular formula is C17H21NO2. The molecule has 2 aromatic rings. The second-order valence-corrected chi connectivity index (χ2v) is 5.38. The highest BCUT2D eigenvalue weighted by Crippen LogP contribution is 2.32. The lowest BCUT2D eigenvalue weighted by molar-refractivity contribution is 0.451. The largest absolute Gasteiger partial charge is 0.508 e. The van der Waals surface area contributed by atoms with Gasteiger partial charge in [-0.1, -0.05) is 17.7 Å². The van der Waals surface area contributed by atoms with E-state index in [0.717, 1.165) is 5.69 Å². The van der Waals surface area contributed by atoms with Crippen LogP contribution in [0.25, 0.3) is 0 Å². The van der Waals surface area contributed by atoms with Gasteiger partial charge in [-0.2, -0.15) is 0 Å². The zero-order valence-electron chi connectivity index (χ0n) is 12.4. The van der Waals surface area contributed by atoms with Gasteiger partial charge in [-0.15, -0.1) is 0 Å². The number of anilines is 1. The van der Waals surface area contributed by atoms with Crippen LogP contribution >= 0.6 is 0 Å². The zero-order valence-corrected chi connectivity index (χ0v) is 12.4. The number of phenolic OH excluding ortho intramolecular Hbond substituents is 2. The van der Waals surface area contributed by atoms with Gasteiger partial charge in [0.25, 0.3) is 0 Å². The molecule has 0 saturated heterocycles. The van der Waals surface area contributed by atoms with Crippen molar-refractivity contribution in [1.82, 2.24) is 0 Å². The van der Waals surface area contributed by atoms with Crippen LogP contribution in [0.5, 0.6) is 11.5 Å². The lowest BCUT2D eigenvalue weighted by Gasteiger charge is -2.21. The van der Waals surface area contributed by atoms with E-state index in [4.69, 9.17) is 0 Å². The van der Waals surface area contributed by atoms with Crippen LogP contribution in [-0.4, -0.2) is 10.2 Å². The molecule has 0 amide bonds. The van der Waals surface area contributed by atoms with Gasteiger partial charge in [0.05, 0.1) is 6.04 Å². The minimum Gasteiger partial charge on any atom is -0.508 e. The molecule has 0 spiro atoms. The van der Waals surface area contributed by atoms with Crippen LogP contribution < -0.4 is 5.32 Å². The van der Waals surface area contributed by atoms with Crippen LogP contribution in [0, 0.1) is 20.8 Å². The summed E-state index contributed by atoms with van der Waals surface area (Å²) in [7, 11) is 0. The van der Waals surface area contributed by atoms with E-state index in [1.807, 2.05) is 6.92 Å². The van der Waals surface area contributed by atoms with E-state index < -0.39 is 0 Å². The van der Waals surface area contributed by atoms with Crippen LogP contribution in [-0.2, 0) is 0 Å². The molecule has 0 saturated carbocycles. The number of aromatic hydroxyl groups is 2. The summed E-state index contributed by atoms with van der Waals surface area (Å²) in [5.41, 5.74) is 5.34.